The number of rotatable bonds is 5. The summed E-state index contributed by atoms with van der Waals surface area (Å²) in [6.45, 7) is 4.36. The summed E-state index contributed by atoms with van der Waals surface area (Å²) in [6.07, 6.45) is 2.57. The van der Waals surface area contributed by atoms with Crippen LogP contribution in [0.4, 0.5) is 11.5 Å². The lowest BCUT2D eigenvalue weighted by atomic mass is 9.96. The second kappa shape index (κ2) is 7.19. The van der Waals surface area contributed by atoms with Gasteiger partial charge in [0.2, 0.25) is 0 Å². The summed E-state index contributed by atoms with van der Waals surface area (Å²) in [5, 5.41) is 0. The lowest BCUT2D eigenvalue weighted by Gasteiger charge is -2.36. The Morgan fingerprint density at radius 2 is 2.04 bits per heavy atom. The zero-order chi connectivity index (χ0) is 18.8. The Hall–Kier alpha value is -2.83. The predicted octanol–water partition coefficient (Wildman–Crippen LogP) is 1.55. The summed E-state index contributed by atoms with van der Waals surface area (Å²) in [5.41, 5.74) is 6.78. The van der Waals surface area contributed by atoms with Gasteiger partial charge in [0.15, 0.2) is 5.78 Å². The number of ketones is 1. The van der Waals surface area contributed by atoms with Crippen LogP contribution in [-0.4, -0.2) is 27.9 Å². The monoisotopic (exact) mass is 356 g/mol. The van der Waals surface area contributed by atoms with E-state index < -0.39 is 11.2 Å². The second-order valence-corrected chi connectivity index (χ2v) is 6.74. The fraction of sp³-hybridized carbons (Fsp3) is 0.421. The standard InChI is InChI=1S/C19H24N4O3/c1-3-10-22-17(20)16(18(25)21-19(22)26)15(24)11-23-12(2)8-9-13-6-4-5-7-14(13)23/h4-7,12H,3,8-11,20H2,1-2H3,(H,21,25,26). The maximum Gasteiger partial charge on any atom is 0.329 e. The van der Waals surface area contributed by atoms with Gasteiger partial charge in [-0.05, 0) is 37.8 Å². The molecule has 0 radical (unpaired) electrons. The Bertz CT molecular complexity index is 945. The minimum absolute atomic E-state index is 0.0514. The van der Waals surface area contributed by atoms with Crippen LogP contribution in [0.2, 0.25) is 0 Å². The van der Waals surface area contributed by atoms with E-state index in [9.17, 15) is 14.4 Å². The van der Waals surface area contributed by atoms with Crippen LogP contribution in [0.1, 0.15) is 42.6 Å². The fourth-order valence-electron chi connectivity index (χ4n) is 3.54. The first-order chi connectivity index (χ1) is 12.4. The van der Waals surface area contributed by atoms with Crippen LogP contribution in [0.25, 0.3) is 0 Å². The van der Waals surface area contributed by atoms with Crippen molar-refractivity contribution in [3.63, 3.8) is 0 Å². The molecule has 26 heavy (non-hydrogen) atoms. The molecule has 1 aliphatic heterocycles. The molecule has 0 saturated carbocycles. The number of carbonyl (C=O) groups excluding carboxylic acids is 1. The lowest BCUT2D eigenvalue weighted by Crippen LogP contribution is -2.43. The van der Waals surface area contributed by atoms with Gasteiger partial charge in [-0.15, -0.1) is 0 Å². The number of anilines is 2. The largest absolute Gasteiger partial charge is 0.384 e. The molecule has 0 saturated heterocycles. The number of nitrogens with one attached hydrogen (secondary N) is 1. The van der Waals surface area contributed by atoms with Gasteiger partial charge in [-0.2, -0.15) is 0 Å². The normalized spacial score (nSPS) is 16.4. The molecule has 1 aliphatic rings. The first kappa shape index (κ1) is 18.0. The Labute approximate surface area is 151 Å². The van der Waals surface area contributed by atoms with Gasteiger partial charge in [-0.1, -0.05) is 25.1 Å². The number of aryl methyl sites for hydroxylation is 1. The van der Waals surface area contributed by atoms with Gasteiger partial charge in [0.05, 0.1) is 6.54 Å². The number of H-pyrrole nitrogens is 1. The minimum Gasteiger partial charge on any atom is -0.384 e. The van der Waals surface area contributed by atoms with E-state index >= 15 is 0 Å². The maximum absolute atomic E-state index is 12.9. The number of para-hydroxylation sites is 1. The van der Waals surface area contributed by atoms with E-state index in [-0.39, 0.29) is 29.8 Å². The first-order valence-corrected chi connectivity index (χ1v) is 8.94. The van der Waals surface area contributed by atoms with Crippen molar-refractivity contribution >= 4 is 17.3 Å². The van der Waals surface area contributed by atoms with Crippen molar-refractivity contribution in [1.82, 2.24) is 9.55 Å². The summed E-state index contributed by atoms with van der Waals surface area (Å²) < 4.78 is 1.25. The van der Waals surface area contributed by atoms with E-state index in [1.54, 1.807) is 0 Å². The maximum atomic E-state index is 12.9. The number of aromatic amines is 1. The van der Waals surface area contributed by atoms with Gasteiger partial charge < -0.3 is 10.6 Å². The lowest BCUT2D eigenvalue weighted by molar-refractivity contribution is 0.0995. The number of hydrogen-bond donors (Lipinski definition) is 2. The predicted molar refractivity (Wildman–Crippen MR) is 102 cm³/mol. The first-order valence-electron chi connectivity index (χ1n) is 8.94. The van der Waals surface area contributed by atoms with Crippen molar-refractivity contribution in [3.05, 3.63) is 56.2 Å². The molecule has 0 fully saturated rings. The molecule has 7 nitrogen and oxygen atoms in total. The van der Waals surface area contributed by atoms with Crippen molar-refractivity contribution in [2.75, 3.05) is 17.2 Å². The highest BCUT2D eigenvalue weighted by atomic mass is 16.2. The number of hydrogen-bond acceptors (Lipinski definition) is 5. The highest BCUT2D eigenvalue weighted by molar-refractivity contribution is 6.02. The van der Waals surface area contributed by atoms with Crippen LogP contribution in [0.3, 0.4) is 0 Å². The van der Waals surface area contributed by atoms with Gasteiger partial charge in [-0.25, -0.2) is 4.79 Å². The number of nitrogens with zero attached hydrogens (tertiary/aromatic N) is 2. The average Bonchev–Trinajstić information content (AvgIpc) is 2.61. The molecular weight excluding hydrogens is 332 g/mol. The summed E-state index contributed by atoms with van der Waals surface area (Å²) in [5.74, 6) is -0.430. The van der Waals surface area contributed by atoms with Gasteiger partial charge in [0.25, 0.3) is 5.56 Å². The molecule has 3 rings (SSSR count). The smallest absolute Gasteiger partial charge is 0.329 e. The molecule has 2 aromatic rings. The van der Waals surface area contributed by atoms with Crippen LogP contribution < -0.4 is 21.9 Å². The Morgan fingerprint density at radius 1 is 1.31 bits per heavy atom. The SMILES string of the molecule is CCCn1c(N)c(C(=O)CN2c3ccccc3CCC2C)c(=O)[nH]c1=O. The third-order valence-corrected chi connectivity index (χ3v) is 4.94. The number of aromatic nitrogens is 2. The number of fused-ring (bicyclic) bond motifs is 1. The zero-order valence-electron chi connectivity index (χ0n) is 15.1. The molecule has 0 bridgehead atoms. The number of Topliss-reactive ketones (excluding diaryl/α,β-unsaturated/α-hetero) is 1. The fourth-order valence-corrected chi connectivity index (χ4v) is 3.54. The van der Waals surface area contributed by atoms with E-state index in [0.717, 1.165) is 18.5 Å². The van der Waals surface area contributed by atoms with Gasteiger partial charge in [-0.3, -0.25) is 19.1 Å². The molecule has 0 aliphatic carbocycles. The van der Waals surface area contributed by atoms with Crippen molar-refractivity contribution in [1.29, 1.82) is 0 Å². The van der Waals surface area contributed by atoms with Crippen molar-refractivity contribution in [2.45, 2.75) is 45.7 Å². The quantitative estimate of drug-likeness (QED) is 0.792. The van der Waals surface area contributed by atoms with E-state index in [1.807, 2.05) is 30.0 Å². The molecule has 3 N–H and O–H groups in total. The Balaban J connectivity index is 1.98. The van der Waals surface area contributed by atoms with Gasteiger partial charge in [0.1, 0.15) is 11.4 Å². The van der Waals surface area contributed by atoms with E-state index in [4.69, 9.17) is 5.73 Å². The summed E-state index contributed by atoms with van der Waals surface area (Å²) in [7, 11) is 0. The van der Waals surface area contributed by atoms with Crippen LogP contribution in [0.5, 0.6) is 0 Å². The molecular formula is C19H24N4O3. The average molecular weight is 356 g/mol. The summed E-state index contributed by atoms with van der Waals surface area (Å²) in [4.78, 5) is 41.3. The van der Waals surface area contributed by atoms with Crippen molar-refractivity contribution in [3.8, 4) is 0 Å². The molecule has 1 atom stereocenters. The highest BCUT2D eigenvalue weighted by Gasteiger charge is 2.27. The third kappa shape index (κ3) is 3.16. The van der Waals surface area contributed by atoms with Crippen LogP contribution in [0, 0.1) is 0 Å². The molecule has 138 valence electrons. The molecule has 1 aromatic carbocycles. The zero-order valence-corrected chi connectivity index (χ0v) is 15.1. The Morgan fingerprint density at radius 3 is 2.77 bits per heavy atom. The number of nitrogens with two attached hydrogens (primary N) is 1. The van der Waals surface area contributed by atoms with E-state index in [2.05, 4.69) is 18.0 Å². The number of nitrogen functional groups attached to an aromatic ring is 1. The molecule has 2 heterocycles. The number of benzene rings is 1. The van der Waals surface area contributed by atoms with Crippen molar-refractivity contribution < 1.29 is 4.79 Å². The van der Waals surface area contributed by atoms with Crippen LogP contribution in [-0.2, 0) is 13.0 Å². The van der Waals surface area contributed by atoms with Crippen LogP contribution in [0.15, 0.2) is 33.9 Å². The van der Waals surface area contributed by atoms with Gasteiger partial charge in [0, 0.05) is 18.3 Å². The number of carbonyl (C=O) groups is 1. The highest BCUT2D eigenvalue weighted by Crippen LogP contribution is 2.30. The van der Waals surface area contributed by atoms with Gasteiger partial charge >= 0.3 is 5.69 Å². The molecule has 1 unspecified atom stereocenters. The van der Waals surface area contributed by atoms with E-state index in [1.165, 1.54) is 10.1 Å². The topological polar surface area (TPSA) is 101 Å². The second-order valence-electron chi connectivity index (χ2n) is 6.74. The van der Waals surface area contributed by atoms with Crippen LogP contribution >= 0.6 is 0 Å². The molecule has 0 amide bonds. The third-order valence-electron chi connectivity index (χ3n) is 4.94. The minimum atomic E-state index is -0.720. The Kier molecular flexibility index (Phi) is 4.97. The van der Waals surface area contributed by atoms with Crippen molar-refractivity contribution in [2.24, 2.45) is 0 Å². The molecule has 7 heteroatoms. The molecule has 1 aromatic heterocycles. The summed E-state index contributed by atoms with van der Waals surface area (Å²) >= 11 is 0. The van der Waals surface area contributed by atoms with E-state index in [0.29, 0.717) is 13.0 Å². The molecule has 0 spiro atoms. The summed E-state index contributed by atoms with van der Waals surface area (Å²) in [6, 6.07) is 8.15.